The van der Waals surface area contributed by atoms with E-state index in [2.05, 4.69) is 40.0 Å². The molecule has 1 saturated carbocycles. The van der Waals surface area contributed by atoms with Crippen LogP contribution in [0.25, 0.3) is 22.3 Å². The van der Waals surface area contributed by atoms with Crippen molar-refractivity contribution in [2.75, 3.05) is 0 Å². The number of H-pyrrole nitrogens is 1. The number of hydrogen-bond acceptors (Lipinski definition) is 4. The topological polar surface area (TPSA) is 83.2 Å². The Morgan fingerprint density at radius 1 is 1.38 bits per heavy atom. The van der Waals surface area contributed by atoms with Crippen LogP contribution in [-0.4, -0.2) is 24.7 Å². The van der Waals surface area contributed by atoms with Crippen molar-refractivity contribution in [3.8, 4) is 17.3 Å². The highest BCUT2D eigenvalue weighted by Gasteiger charge is 2.52. The third-order valence-electron chi connectivity index (χ3n) is 5.47. The second-order valence-corrected chi connectivity index (χ2v) is 7.21. The number of nitrogens with one attached hydrogen (secondary N) is 1. The molecule has 3 aromatic heterocycles. The second kappa shape index (κ2) is 5.17. The number of aromatic amines is 1. The minimum atomic E-state index is -0.179. The summed E-state index contributed by atoms with van der Waals surface area (Å²) in [6, 6.07) is 4.33. The van der Waals surface area contributed by atoms with Crippen LogP contribution in [0.1, 0.15) is 39.5 Å². The van der Waals surface area contributed by atoms with Crippen molar-refractivity contribution < 1.29 is 0 Å². The molecule has 0 spiro atoms. The van der Waals surface area contributed by atoms with Crippen LogP contribution in [0, 0.1) is 16.7 Å². The van der Waals surface area contributed by atoms with Crippen molar-refractivity contribution in [3.05, 3.63) is 31.0 Å². The molecule has 24 heavy (non-hydrogen) atoms. The highest BCUT2D eigenvalue weighted by Crippen LogP contribution is 2.56. The van der Waals surface area contributed by atoms with E-state index in [9.17, 15) is 5.26 Å². The Morgan fingerprint density at radius 3 is 2.96 bits per heavy atom. The number of hydrogen-bond donors (Lipinski definition) is 1. The van der Waals surface area contributed by atoms with Gasteiger partial charge in [-0.25, -0.2) is 9.97 Å². The molecule has 0 saturated heterocycles. The maximum atomic E-state index is 9.29. The van der Waals surface area contributed by atoms with E-state index in [1.807, 2.05) is 29.3 Å². The molecule has 122 valence electrons. The number of aromatic nitrogens is 5. The van der Waals surface area contributed by atoms with Gasteiger partial charge in [-0.3, -0.25) is 4.68 Å². The van der Waals surface area contributed by atoms with Crippen LogP contribution >= 0.6 is 0 Å². The van der Waals surface area contributed by atoms with E-state index in [0.717, 1.165) is 41.6 Å². The standard InChI is InChI=1S/C18H20N6/c1-3-17(2)10-18(11-17,5-6-19)24-9-13(8-23-24)15-14-4-7-20-16(14)22-12-21-15/h4,7-9,12H,3,5,10-11H2,1-2H3,(H,20,21,22). The number of fused-ring (bicyclic) bond motifs is 1. The summed E-state index contributed by atoms with van der Waals surface area (Å²) in [6.07, 6.45) is 10.9. The molecule has 6 nitrogen and oxygen atoms in total. The summed E-state index contributed by atoms with van der Waals surface area (Å²) in [5.74, 6) is 0. The van der Waals surface area contributed by atoms with Gasteiger partial charge < -0.3 is 4.98 Å². The molecule has 3 aromatic rings. The van der Waals surface area contributed by atoms with Crippen LogP contribution in [0.3, 0.4) is 0 Å². The van der Waals surface area contributed by atoms with Gasteiger partial charge in [0.05, 0.1) is 29.9 Å². The summed E-state index contributed by atoms with van der Waals surface area (Å²) >= 11 is 0. The molecule has 6 heteroatoms. The molecular weight excluding hydrogens is 300 g/mol. The van der Waals surface area contributed by atoms with Crippen molar-refractivity contribution in [1.29, 1.82) is 5.26 Å². The van der Waals surface area contributed by atoms with Crippen molar-refractivity contribution in [2.45, 2.75) is 45.1 Å². The van der Waals surface area contributed by atoms with E-state index in [-0.39, 0.29) is 5.54 Å². The summed E-state index contributed by atoms with van der Waals surface area (Å²) in [5, 5.41) is 14.9. The van der Waals surface area contributed by atoms with Crippen molar-refractivity contribution in [1.82, 2.24) is 24.7 Å². The second-order valence-electron chi connectivity index (χ2n) is 7.21. The lowest BCUT2D eigenvalue weighted by molar-refractivity contribution is -0.0238. The van der Waals surface area contributed by atoms with Crippen LogP contribution in [0.5, 0.6) is 0 Å². The van der Waals surface area contributed by atoms with Crippen LogP contribution < -0.4 is 0 Å². The lowest BCUT2D eigenvalue weighted by Crippen LogP contribution is -2.52. The third-order valence-corrected chi connectivity index (χ3v) is 5.47. The Balaban J connectivity index is 1.72. The summed E-state index contributed by atoms with van der Waals surface area (Å²) in [7, 11) is 0. The zero-order valence-corrected chi connectivity index (χ0v) is 14.0. The fourth-order valence-electron chi connectivity index (χ4n) is 4.11. The summed E-state index contributed by atoms with van der Waals surface area (Å²) in [5.41, 5.74) is 2.79. The maximum absolute atomic E-state index is 9.29. The van der Waals surface area contributed by atoms with Gasteiger partial charge in [0, 0.05) is 23.3 Å². The first kappa shape index (κ1) is 14.9. The van der Waals surface area contributed by atoms with Crippen LogP contribution in [0.4, 0.5) is 0 Å². The maximum Gasteiger partial charge on any atom is 0.141 e. The molecule has 1 fully saturated rings. The first-order valence-corrected chi connectivity index (χ1v) is 8.30. The Bertz CT molecular complexity index is 922. The van der Waals surface area contributed by atoms with Crippen LogP contribution in [0.2, 0.25) is 0 Å². The largest absolute Gasteiger partial charge is 0.346 e. The van der Waals surface area contributed by atoms with Gasteiger partial charge in [0.15, 0.2) is 0 Å². The average molecular weight is 320 g/mol. The molecule has 3 heterocycles. The molecule has 0 atom stereocenters. The molecule has 0 unspecified atom stereocenters. The first-order chi connectivity index (χ1) is 11.6. The van der Waals surface area contributed by atoms with E-state index in [1.165, 1.54) is 0 Å². The van der Waals surface area contributed by atoms with Crippen molar-refractivity contribution in [2.24, 2.45) is 5.41 Å². The highest BCUT2D eigenvalue weighted by molar-refractivity contribution is 5.89. The monoisotopic (exact) mass is 320 g/mol. The van der Waals surface area contributed by atoms with Crippen LogP contribution in [-0.2, 0) is 5.54 Å². The molecule has 0 radical (unpaired) electrons. The molecule has 1 N–H and O–H groups in total. The van der Waals surface area contributed by atoms with Crippen LogP contribution in [0.15, 0.2) is 31.0 Å². The molecule has 1 aliphatic rings. The van der Waals surface area contributed by atoms with E-state index < -0.39 is 0 Å². The lowest BCUT2D eigenvalue weighted by Gasteiger charge is -2.53. The van der Waals surface area contributed by atoms with Crippen molar-refractivity contribution >= 4 is 11.0 Å². The van der Waals surface area contributed by atoms with Gasteiger partial charge in [0.2, 0.25) is 0 Å². The Hall–Kier alpha value is -2.68. The quantitative estimate of drug-likeness (QED) is 0.795. The van der Waals surface area contributed by atoms with Gasteiger partial charge in [-0.05, 0) is 24.3 Å². The Kier molecular flexibility index (Phi) is 3.20. The molecule has 1 aliphatic carbocycles. The average Bonchev–Trinajstić information content (AvgIpc) is 3.22. The third kappa shape index (κ3) is 2.12. The SMILES string of the molecule is CCC1(C)CC(CC#N)(n2cc(-c3ncnc4[nH]ccc34)cn2)C1. The molecule has 4 rings (SSSR count). The van der Waals surface area contributed by atoms with Gasteiger partial charge in [-0.15, -0.1) is 0 Å². The zero-order chi connectivity index (χ0) is 16.8. The van der Waals surface area contributed by atoms with Gasteiger partial charge >= 0.3 is 0 Å². The fraction of sp³-hybridized carbons (Fsp3) is 0.444. The van der Waals surface area contributed by atoms with Gasteiger partial charge in [-0.2, -0.15) is 10.4 Å². The minimum Gasteiger partial charge on any atom is -0.346 e. The molecular formula is C18H20N6. The number of rotatable bonds is 4. The first-order valence-electron chi connectivity index (χ1n) is 8.30. The minimum absolute atomic E-state index is 0.179. The molecule has 0 amide bonds. The summed E-state index contributed by atoms with van der Waals surface area (Å²) in [6.45, 7) is 4.51. The highest BCUT2D eigenvalue weighted by atomic mass is 15.3. The van der Waals surface area contributed by atoms with E-state index >= 15 is 0 Å². The predicted octanol–water partition coefficient (Wildman–Crippen LogP) is 3.64. The molecule has 0 aliphatic heterocycles. The molecule has 0 bridgehead atoms. The summed E-state index contributed by atoms with van der Waals surface area (Å²) < 4.78 is 1.99. The van der Waals surface area contributed by atoms with Gasteiger partial charge in [-0.1, -0.05) is 20.3 Å². The summed E-state index contributed by atoms with van der Waals surface area (Å²) in [4.78, 5) is 11.8. The van der Waals surface area contributed by atoms with E-state index in [0.29, 0.717) is 11.8 Å². The normalized spacial score (nSPS) is 26.2. The smallest absolute Gasteiger partial charge is 0.141 e. The molecule has 0 aromatic carbocycles. The van der Waals surface area contributed by atoms with E-state index in [4.69, 9.17) is 0 Å². The van der Waals surface area contributed by atoms with Gasteiger partial charge in [0.25, 0.3) is 0 Å². The predicted molar refractivity (Wildman–Crippen MR) is 90.9 cm³/mol. The zero-order valence-electron chi connectivity index (χ0n) is 14.0. The van der Waals surface area contributed by atoms with Gasteiger partial charge in [0.1, 0.15) is 12.0 Å². The Labute approximate surface area is 140 Å². The van der Waals surface area contributed by atoms with Crippen molar-refractivity contribution in [3.63, 3.8) is 0 Å². The number of nitrogens with zero attached hydrogens (tertiary/aromatic N) is 5. The fourth-order valence-corrected chi connectivity index (χ4v) is 4.11. The number of nitriles is 1. The Morgan fingerprint density at radius 2 is 2.21 bits per heavy atom. The lowest BCUT2D eigenvalue weighted by atomic mass is 9.56. The van der Waals surface area contributed by atoms with E-state index in [1.54, 1.807) is 6.33 Å².